The number of benzene rings is 2. The number of likely N-dealkylation sites (N-methyl/N-ethyl adjacent to an activating group) is 1. The van der Waals surface area contributed by atoms with Crippen molar-refractivity contribution in [2.24, 2.45) is 0 Å². The second-order valence-corrected chi connectivity index (χ2v) is 8.48. The highest BCUT2D eigenvalue weighted by Gasteiger charge is 2.29. The number of rotatable bonds is 7. The first kappa shape index (κ1) is 23.1. The summed E-state index contributed by atoms with van der Waals surface area (Å²) >= 11 is 6.39. The number of nitrogens with one attached hydrogen (secondary N) is 1. The zero-order chi connectivity index (χ0) is 22.4. The van der Waals surface area contributed by atoms with E-state index < -0.39 is 11.9 Å². The van der Waals surface area contributed by atoms with Gasteiger partial charge in [0.1, 0.15) is 0 Å². The molecular weight excluding hydrogens is 412 g/mol. The normalized spacial score (nSPS) is 15.2. The van der Waals surface area contributed by atoms with Crippen LogP contribution in [0.15, 0.2) is 42.5 Å². The Kier molecular flexibility index (Phi) is 7.97. The highest BCUT2D eigenvalue weighted by Crippen LogP contribution is 2.37. The molecule has 0 bridgehead atoms. The van der Waals surface area contributed by atoms with E-state index in [0.717, 1.165) is 29.7 Å². The largest absolute Gasteiger partial charge is 0.465 e. The highest BCUT2D eigenvalue weighted by atomic mass is 35.5. The molecule has 6 heteroatoms. The van der Waals surface area contributed by atoms with Gasteiger partial charge in [-0.2, -0.15) is 0 Å². The van der Waals surface area contributed by atoms with Crippen LogP contribution in [0.1, 0.15) is 66.4 Å². The molecule has 2 aromatic carbocycles. The number of hydrogen-bond acceptors (Lipinski definition) is 4. The Bertz CT molecular complexity index is 907. The zero-order valence-corrected chi connectivity index (χ0v) is 19.2. The molecule has 1 aliphatic carbocycles. The van der Waals surface area contributed by atoms with Crippen LogP contribution in [0.5, 0.6) is 0 Å². The van der Waals surface area contributed by atoms with Crippen LogP contribution < -0.4 is 10.2 Å². The van der Waals surface area contributed by atoms with Crippen molar-refractivity contribution < 1.29 is 14.3 Å². The number of esters is 1. The SMILES string of the molecule is CCNC(=O)C(c1ccc(C(=O)OC)cc1)c1cc(Cl)ccc1N(C)C1CCCCC1. The summed E-state index contributed by atoms with van der Waals surface area (Å²) in [5.41, 5.74) is 3.15. The molecule has 3 rings (SSSR count). The van der Waals surface area contributed by atoms with Crippen LogP contribution in [0.4, 0.5) is 5.69 Å². The van der Waals surface area contributed by atoms with E-state index in [1.54, 1.807) is 12.1 Å². The molecule has 1 saturated carbocycles. The Morgan fingerprint density at radius 2 is 1.81 bits per heavy atom. The highest BCUT2D eigenvalue weighted by molar-refractivity contribution is 6.30. The van der Waals surface area contributed by atoms with Gasteiger partial charge >= 0.3 is 5.97 Å². The lowest BCUT2D eigenvalue weighted by Gasteiger charge is -2.35. The molecule has 1 N–H and O–H groups in total. The van der Waals surface area contributed by atoms with Gasteiger partial charge in [0, 0.05) is 30.3 Å². The van der Waals surface area contributed by atoms with Crippen LogP contribution in [0, 0.1) is 0 Å². The molecule has 1 unspecified atom stereocenters. The van der Waals surface area contributed by atoms with E-state index in [-0.39, 0.29) is 5.91 Å². The molecule has 1 atom stereocenters. The van der Waals surface area contributed by atoms with Crippen molar-refractivity contribution in [1.82, 2.24) is 5.32 Å². The minimum atomic E-state index is -0.536. The van der Waals surface area contributed by atoms with Crippen molar-refractivity contribution in [3.05, 3.63) is 64.2 Å². The van der Waals surface area contributed by atoms with Crippen LogP contribution in [0.2, 0.25) is 5.02 Å². The van der Waals surface area contributed by atoms with Crippen LogP contribution >= 0.6 is 11.6 Å². The molecule has 0 spiro atoms. The number of carbonyl (C=O) groups excluding carboxylic acids is 2. The van der Waals surface area contributed by atoms with Gasteiger partial charge in [0.15, 0.2) is 0 Å². The molecule has 1 fully saturated rings. The fourth-order valence-electron chi connectivity index (χ4n) is 4.42. The Balaban J connectivity index is 2.05. The number of methoxy groups -OCH3 is 1. The van der Waals surface area contributed by atoms with E-state index >= 15 is 0 Å². The van der Waals surface area contributed by atoms with Gasteiger partial charge in [-0.15, -0.1) is 0 Å². The first-order chi connectivity index (χ1) is 15.0. The summed E-state index contributed by atoms with van der Waals surface area (Å²) in [7, 11) is 3.46. The topological polar surface area (TPSA) is 58.6 Å². The second-order valence-electron chi connectivity index (χ2n) is 8.05. The van der Waals surface area contributed by atoms with Gasteiger partial charge in [-0.05, 0) is 61.2 Å². The van der Waals surface area contributed by atoms with E-state index in [2.05, 4.69) is 17.3 Å². The van der Waals surface area contributed by atoms with Gasteiger partial charge < -0.3 is 15.0 Å². The maximum Gasteiger partial charge on any atom is 0.337 e. The van der Waals surface area contributed by atoms with E-state index in [1.165, 1.54) is 26.4 Å². The van der Waals surface area contributed by atoms with Gasteiger partial charge in [0.25, 0.3) is 0 Å². The van der Waals surface area contributed by atoms with E-state index in [0.29, 0.717) is 23.2 Å². The monoisotopic (exact) mass is 442 g/mol. The first-order valence-electron chi connectivity index (χ1n) is 10.9. The van der Waals surface area contributed by atoms with Gasteiger partial charge in [0.2, 0.25) is 5.91 Å². The Morgan fingerprint density at radius 3 is 2.42 bits per heavy atom. The fourth-order valence-corrected chi connectivity index (χ4v) is 4.60. The quantitative estimate of drug-likeness (QED) is 0.601. The number of ether oxygens (including phenoxy) is 1. The summed E-state index contributed by atoms with van der Waals surface area (Å²) in [6.07, 6.45) is 6.04. The summed E-state index contributed by atoms with van der Waals surface area (Å²) < 4.78 is 4.80. The predicted octanol–water partition coefficient (Wildman–Crippen LogP) is 5.16. The van der Waals surface area contributed by atoms with Crippen LogP contribution in [0.25, 0.3) is 0 Å². The molecule has 0 aromatic heterocycles. The lowest BCUT2D eigenvalue weighted by atomic mass is 9.87. The smallest absolute Gasteiger partial charge is 0.337 e. The molecule has 5 nitrogen and oxygen atoms in total. The summed E-state index contributed by atoms with van der Waals surface area (Å²) in [5.74, 6) is -1.03. The zero-order valence-electron chi connectivity index (χ0n) is 18.5. The number of nitrogens with zero attached hydrogens (tertiary/aromatic N) is 1. The third-order valence-corrected chi connectivity index (χ3v) is 6.32. The van der Waals surface area contributed by atoms with Crippen molar-refractivity contribution in [2.45, 2.75) is 51.0 Å². The van der Waals surface area contributed by atoms with E-state index in [1.807, 2.05) is 37.3 Å². The van der Waals surface area contributed by atoms with E-state index in [4.69, 9.17) is 16.3 Å². The summed E-state index contributed by atoms with van der Waals surface area (Å²) in [6, 6.07) is 13.3. The minimum Gasteiger partial charge on any atom is -0.465 e. The Morgan fingerprint density at radius 1 is 1.13 bits per heavy atom. The average Bonchev–Trinajstić information content (AvgIpc) is 2.79. The minimum absolute atomic E-state index is 0.0890. The van der Waals surface area contributed by atoms with Crippen LogP contribution in [0.3, 0.4) is 0 Å². The fraction of sp³-hybridized carbons (Fsp3) is 0.440. The lowest BCUT2D eigenvalue weighted by Crippen LogP contribution is -2.36. The Hall–Kier alpha value is -2.53. The number of amides is 1. The first-order valence-corrected chi connectivity index (χ1v) is 11.3. The van der Waals surface area contributed by atoms with Crippen molar-refractivity contribution in [3.8, 4) is 0 Å². The van der Waals surface area contributed by atoms with E-state index in [9.17, 15) is 9.59 Å². The maximum absolute atomic E-state index is 13.2. The Labute approximate surface area is 189 Å². The average molecular weight is 443 g/mol. The number of carbonyl (C=O) groups is 2. The van der Waals surface area contributed by atoms with Crippen molar-refractivity contribution in [3.63, 3.8) is 0 Å². The third-order valence-electron chi connectivity index (χ3n) is 6.08. The predicted molar refractivity (Wildman–Crippen MR) is 125 cm³/mol. The summed E-state index contributed by atoms with van der Waals surface area (Å²) in [4.78, 5) is 27.4. The van der Waals surface area contributed by atoms with Gasteiger partial charge in [-0.1, -0.05) is 43.0 Å². The van der Waals surface area contributed by atoms with Gasteiger partial charge in [-0.3, -0.25) is 4.79 Å². The van der Waals surface area contributed by atoms with Crippen molar-refractivity contribution in [2.75, 3.05) is 25.6 Å². The number of hydrogen-bond donors (Lipinski definition) is 1. The lowest BCUT2D eigenvalue weighted by molar-refractivity contribution is -0.121. The molecule has 0 aliphatic heterocycles. The second kappa shape index (κ2) is 10.7. The van der Waals surface area contributed by atoms with Crippen molar-refractivity contribution >= 4 is 29.2 Å². The van der Waals surface area contributed by atoms with Crippen LogP contribution in [-0.2, 0) is 9.53 Å². The molecule has 0 saturated heterocycles. The molecule has 0 radical (unpaired) electrons. The molecule has 31 heavy (non-hydrogen) atoms. The molecule has 2 aromatic rings. The molecule has 1 aliphatic rings. The van der Waals surface area contributed by atoms with Gasteiger partial charge in [0.05, 0.1) is 18.6 Å². The van der Waals surface area contributed by atoms with Gasteiger partial charge in [-0.25, -0.2) is 4.79 Å². The summed E-state index contributed by atoms with van der Waals surface area (Å²) in [6.45, 7) is 2.44. The molecule has 166 valence electrons. The molecular formula is C25H31ClN2O3. The molecule has 1 amide bonds. The number of halogens is 1. The number of anilines is 1. The summed E-state index contributed by atoms with van der Waals surface area (Å²) in [5, 5.41) is 3.56. The molecule has 0 heterocycles. The standard InChI is InChI=1S/C25H31ClN2O3/c1-4-27-24(29)23(17-10-12-18(13-11-17)25(30)31-3)21-16-19(26)14-15-22(21)28(2)20-8-6-5-7-9-20/h10-16,20,23H,4-9H2,1-3H3,(H,27,29). The van der Waals surface area contributed by atoms with Crippen LogP contribution in [-0.4, -0.2) is 38.6 Å². The third kappa shape index (κ3) is 5.40. The van der Waals surface area contributed by atoms with Crippen molar-refractivity contribution in [1.29, 1.82) is 0 Å². The maximum atomic E-state index is 13.2.